The lowest BCUT2D eigenvalue weighted by Gasteiger charge is -2.18. The molecule has 2 heteroatoms. The third-order valence-corrected chi connectivity index (χ3v) is 4.89. The molecule has 1 atom stereocenters. The van der Waals surface area contributed by atoms with Crippen LogP contribution in [0.25, 0.3) is 0 Å². The molecule has 1 nitrogen and oxygen atoms in total. The van der Waals surface area contributed by atoms with Crippen LogP contribution in [0.15, 0.2) is 12.2 Å². The molecule has 1 rings (SSSR count). The van der Waals surface area contributed by atoms with E-state index in [-0.39, 0.29) is 5.28 Å². The monoisotopic (exact) mass is 267 g/mol. The molecular formula is C16H30NP. The smallest absolute Gasteiger partial charge is 0.0767 e. The fourth-order valence-corrected chi connectivity index (χ4v) is 3.39. The summed E-state index contributed by atoms with van der Waals surface area (Å²) in [5.41, 5.74) is 6.24. The van der Waals surface area contributed by atoms with Crippen LogP contribution in [0, 0.1) is 0 Å². The summed E-state index contributed by atoms with van der Waals surface area (Å²) in [5.74, 6) is 2.16. The third-order valence-electron chi connectivity index (χ3n) is 3.72. The van der Waals surface area contributed by atoms with E-state index >= 15 is 0 Å². The van der Waals surface area contributed by atoms with Crippen LogP contribution in [0.1, 0.15) is 77.6 Å². The van der Waals surface area contributed by atoms with E-state index in [0.29, 0.717) is 0 Å². The van der Waals surface area contributed by atoms with Crippen LogP contribution in [0.2, 0.25) is 0 Å². The highest BCUT2D eigenvalue weighted by atomic mass is 31.1. The van der Waals surface area contributed by atoms with Crippen LogP contribution in [0.4, 0.5) is 0 Å². The van der Waals surface area contributed by atoms with E-state index < -0.39 is 0 Å². The van der Waals surface area contributed by atoms with Gasteiger partial charge in [0.2, 0.25) is 0 Å². The summed E-state index contributed by atoms with van der Waals surface area (Å²) >= 11 is 0. The zero-order chi connectivity index (χ0) is 13.1. The summed E-state index contributed by atoms with van der Waals surface area (Å²) in [6.07, 6.45) is 19.4. The lowest BCUT2D eigenvalue weighted by molar-refractivity contribution is 0.533. The molecule has 0 amide bonds. The lowest BCUT2D eigenvalue weighted by Crippen LogP contribution is -2.29. The number of allylic oxidation sites excluding steroid dienone is 1. The van der Waals surface area contributed by atoms with Crippen LogP contribution in [-0.4, -0.2) is 11.1 Å². The average molecular weight is 267 g/mol. The van der Waals surface area contributed by atoms with Crippen molar-refractivity contribution in [2.45, 2.75) is 82.8 Å². The molecule has 1 heterocycles. The van der Waals surface area contributed by atoms with E-state index in [1.54, 1.807) is 0 Å². The van der Waals surface area contributed by atoms with Crippen molar-refractivity contribution in [3.63, 3.8) is 0 Å². The van der Waals surface area contributed by atoms with Crippen molar-refractivity contribution in [2.24, 2.45) is 5.73 Å². The lowest BCUT2D eigenvalue weighted by atomic mass is 10.0. The fraction of sp³-hybridized carbons (Fsp3) is 0.812. The molecule has 0 bridgehead atoms. The van der Waals surface area contributed by atoms with Crippen molar-refractivity contribution in [2.75, 3.05) is 0 Å². The van der Waals surface area contributed by atoms with Gasteiger partial charge in [0.1, 0.15) is 0 Å². The molecule has 104 valence electrons. The van der Waals surface area contributed by atoms with Gasteiger partial charge in [0.05, 0.1) is 5.28 Å². The topological polar surface area (TPSA) is 26.0 Å². The Balaban J connectivity index is 1.82. The molecule has 1 aliphatic heterocycles. The summed E-state index contributed by atoms with van der Waals surface area (Å²) in [6, 6.07) is 0. The van der Waals surface area contributed by atoms with Gasteiger partial charge in [0.25, 0.3) is 0 Å². The summed E-state index contributed by atoms with van der Waals surface area (Å²) in [4.78, 5) is 0. The van der Waals surface area contributed by atoms with Gasteiger partial charge in [-0.1, -0.05) is 91.5 Å². The first-order valence-electron chi connectivity index (χ1n) is 7.79. The van der Waals surface area contributed by atoms with Gasteiger partial charge in [0, 0.05) is 0 Å². The number of hydrogen-bond donors (Lipinski definition) is 1. The van der Waals surface area contributed by atoms with Gasteiger partial charge < -0.3 is 5.73 Å². The van der Waals surface area contributed by atoms with Crippen LogP contribution < -0.4 is 5.73 Å². The first-order valence-corrected chi connectivity index (χ1v) is 8.75. The maximum Gasteiger partial charge on any atom is 0.0767 e. The normalized spacial score (nSPS) is 22.8. The molecule has 0 saturated carbocycles. The predicted octanol–water partition coefficient (Wildman–Crippen LogP) is 5.27. The highest BCUT2D eigenvalue weighted by Gasteiger charge is 2.19. The standard InChI is InChI=1S/C16H30NP/c1-2-3-4-5-6-7-8-9-10-11-13-16(17)14-12-15-18-16/h12,14-15H,2-11,13,17H2,1H3. The Kier molecular flexibility index (Phi) is 8.63. The Morgan fingerprint density at radius 3 is 1.94 bits per heavy atom. The average Bonchev–Trinajstić information content (AvgIpc) is 2.79. The molecule has 18 heavy (non-hydrogen) atoms. The maximum absolute atomic E-state index is 6.24. The highest BCUT2D eigenvalue weighted by Crippen LogP contribution is 2.29. The first-order chi connectivity index (χ1) is 8.77. The number of unbranched alkanes of at least 4 members (excludes halogenated alkanes) is 9. The molecule has 0 spiro atoms. The van der Waals surface area contributed by atoms with E-state index in [0.717, 1.165) is 6.42 Å². The molecule has 0 aromatic rings. The minimum Gasteiger partial charge on any atom is -0.315 e. The molecule has 1 aliphatic rings. The molecule has 2 N–H and O–H groups in total. The number of nitrogens with two attached hydrogens (primary N) is 1. The Labute approximate surface area is 115 Å². The van der Waals surface area contributed by atoms with Crippen molar-refractivity contribution in [1.29, 1.82) is 0 Å². The second-order valence-corrected chi connectivity index (χ2v) is 6.95. The zero-order valence-corrected chi connectivity index (χ0v) is 12.9. The van der Waals surface area contributed by atoms with Crippen molar-refractivity contribution in [3.8, 4) is 0 Å². The van der Waals surface area contributed by atoms with Crippen LogP contribution in [0.3, 0.4) is 0 Å². The van der Waals surface area contributed by atoms with Gasteiger partial charge >= 0.3 is 0 Å². The molecule has 0 aromatic heterocycles. The molecule has 0 saturated heterocycles. The van der Waals surface area contributed by atoms with E-state index in [1.807, 2.05) is 0 Å². The van der Waals surface area contributed by atoms with Crippen LogP contribution in [-0.2, 0) is 0 Å². The fourth-order valence-electron chi connectivity index (χ4n) is 2.48. The van der Waals surface area contributed by atoms with E-state index in [2.05, 4.69) is 24.9 Å². The Morgan fingerprint density at radius 1 is 0.889 bits per heavy atom. The molecule has 0 radical (unpaired) electrons. The van der Waals surface area contributed by atoms with E-state index in [4.69, 9.17) is 5.73 Å². The Bertz CT molecular complexity index is 246. The molecular weight excluding hydrogens is 237 g/mol. The van der Waals surface area contributed by atoms with Gasteiger partial charge in [-0.2, -0.15) is 0 Å². The van der Waals surface area contributed by atoms with E-state index in [1.165, 1.54) is 72.4 Å². The molecule has 0 aliphatic carbocycles. The minimum atomic E-state index is -0.0276. The Morgan fingerprint density at radius 2 is 1.44 bits per heavy atom. The quantitative estimate of drug-likeness (QED) is 0.400. The second-order valence-electron chi connectivity index (χ2n) is 5.56. The molecule has 1 unspecified atom stereocenters. The van der Waals surface area contributed by atoms with Gasteiger partial charge in [-0.25, -0.2) is 0 Å². The van der Waals surface area contributed by atoms with Crippen LogP contribution in [0.5, 0.6) is 0 Å². The van der Waals surface area contributed by atoms with Crippen molar-refractivity contribution < 1.29 is 0 Å². The maximum atomic E-state index is 6.24. The largest absolute Gasteiger partial charge is 0.315 e. The summed E-state index contributed by atoms with van der Waals surface area (Å²) in [7, 11) is 1.29. The number of hydrogen-bond acceptors (Lipinski definition) is 1. The van der Waals surface area contributed by atoms with E-state index in [9.17, 15) is 0 Å². The summed E-state index contributed by atoms with van der Waals surface area (Å²) in [6.45, 7) is 2.28. The van der Waals surface area contributed by atoms with Gasteiger partial charge in [-0.15, -0.1) is 0 Å². The predicted molar refractivity (Wildman–Crippen MR) is 85.5 cm³/mol. The van der Waals surface area contributed by atoms with Crippen molar-refractivity contribution >= 4 is 14.0 Å². The summed E-state index contributed by atoms with van der Waals surface area (Å²) in [5, 5.41) is -0.0276. The Hall–Kier alpha value is -0.130. The van der Waals surface area contributed by atoms with Crippen molar-refractivity contribution in [3.05, 3.63) is 12.2 Å². The first kappa shape index (κ1) is 15.9. The minimum absolute atomic E-state index is 0.0276. The van der Waals surface area contributed by atoms with Gasteiger partial charge in [-0.05, 0) is 12.2 Å². The highest BCUT2D eigenvalue weighted by molar-refractivity contribution is 7.41. The van der Waals surface area contributed by atoms with Crippen molar-refractivity contribution in [1.82, 2.24) is 0 Å². The van der Waals surface area contributed by atoms with Gasteiger partial charge in [0.15, 0.2) is 0 Å². The zero-order valence-electron chi connectivity index (χ0n) is 12.0. The molecule has 0 fully saturated rings. The number of rotatable bonds is 11. The second kappa shape index (κ2) is 9.75. The molecule has 0 aromatic carbocycles. The van der Waals surface area contributed by atoms with Gasteiger partial charge in [-0.3, -0.25) is 0 Å². The summed E-state index contributed by atoms with van der Waals surface area (Å²) < 4.78 is 0. The van der Waals surface area contributed by atoms with Crippen LogP contribution >= 0.6 is 8.20 Å². The third kappa shape index (κ3) is 7.34. The SMILES string of the molecule is CCCCCCCCCCCCC1(N)C=CC=P1.